The normalized spacial score (nSPS) is 16.6. The molecule has 1 saturated heterocycles. The van der Waals surface area contributed by atoms with Gasteiger partial charge in [-0.1, -0.05) is 20.8 Å². The highest BCUT2D eigenvalue weighted by Gasteiger charge is 2.39. The number of carbonyl (C=O) groups is 4. The molecule has 0 aliphatic carbocycles. The van der Waals surface area contributed by atoms with E-state index in [4.69, 9.17) is 15.2 Å². The molecular weight excluding hydrogens is 440 g/mol. The highest BCUT2D eigenvalue weighted by atomic mass is 16.5. The highest BCUT2D eigenvalue weighted by Crippen LogP contribution is 2.25. The number of methoxy groups -OCH3 is 1. The van der Waals surface area contributed by atoms with Crippen LogP contribution in [-0.4, -0.2) is 74.4 Å². The summed E-state index contributed by atoms with van der Waals surface area (Å²) in [6, 6.07) is 3.59. The number of nitrogens with one attached hydrogen (secondary N) is 2. The van der Waals surface area contributed by atoms with Gasteiger partial charge in [0.15, 0.2) is 0 Å². The quantitative estimate of drug-likeness (QED) is 0.247. The van der Waals surface area contributed by atoms with E-state index >= 15 is 0 Å². The van der Waals surface area contributed by atoms with Crippen molar-refractivity contribution in [1.29, 1.82) is 0 Å². The number of ether oxygens (including phenoxy) is 2. The van der Waals surface area contributed by atoms with E-state index in [0.29, 0.717) is 42.9 Å². The second-order valence-corrected chi connectivity index (χ2v) is 9.36. The maximum atomic E-state index is 13.0. The van der Waals surface area contributed by atoms with Crippen molar-refractivity contribution in [2.75, 3.05) is 39.1 Å². The van der Waals surface area contributed by atoms with Gasteiger partial charge in [-0.05, 0) is 42.9 Å². The van der Waals surface area contributed by atoms with Gasteiger partial charge in [-0.2, -0.15) is 0 Å². The van der Waals surface area contributed by atoms with Gasteiger partial charge in [-0.25, -0.2) is 0 Å². The molecule has 188 valence electrons. The highest BCUT2D eigenvalue weighted by molar-refractivity contribution is 5.95. The van der Waals surface area contributed by atoms with E-state index in [1.54, 1.807) is 23.1 Å². The minimum absolute atomic E-state index is 0.208. The second-order valence-electron chi connectivity index (χ2n) is 9.36. The third kappa shape index (κ3) is 7.44. The molecular formula is C24H36N4O6. The fourth-order valence-corrected chi connectivity index (χ4v) is 3.72. The SMILES string of the molecule is COc1cc(C(=O)NCCCOCC(=O)N[C@H](C(=O)N2CCC[C@H]2C=O)C(C)(C)C)ccc1N. The van der Waals surface area contributed by atoms with Crippen molar-refractivity contribution in [1.82, 2.24) is 15.5 Å². The lowest BCUT2D eigenvalue weighted by molar-refractivity contribution is -0.142. The monoisotopic (exact) mass is 476 g/mol. The molecule has 34 heavy (non-hydrogen) atoms. The summed E-state index contributed by atoms with van der Waals surface area (Å²) in [7, 11) is 1.48. The van der Waals surface area contributed by atoms with Crippen LogP contribution in [0.15, 0.2) is 18.2 Å². The average molecular weight is 477 g/mol. The number of aldehydes is 1. The van der Waals surface area contributed by atoms with Crippen LogP contribution in [0.5, 0.6) is 5.75 Å². The van der Waals surface area contributed by atoms with Crippen LogP contribution >= 0.6 is 0 Å². The number of benzene rings is 1. The molecule has 2 rings (SSSR count). The maximum absolute atomic E-state index is 13.0. The Morgan fingerprint density at radius 1 is 1.29 bits per heavy atom. The fraction of sp³-hybridized carbons (Fsp3) is 0.583. The van der Waals surface area contributed by atoms with Crippen molar-refractivity contribution in [2.45, 2.75) is 52.1 Å². The lowest BCUT2D eigenvalue weighted by Gasteiger charge is -2.34. The van der Waals surface area contributed by atoms with Crippen molar-refractivity contribution in [3.8, 4) is 5.75 Å². The third-order valence-corrected chi connectivity index (χ3v) is 5.64. The van der Waals surface area contributed by atoms with Gasteiger partial charge in [0.25, 0.3) is 5.91 Å². The zero-order valence-electron chi connectivity index (χ0n) is 20.4. The van der Waals surface area contributed by atoms with Crippen LogP contribution < -0.4 is 21.1 Å². The largest absolute Gasteiger partial charge is 0.495 e. The summed E-state index contributed by atoms with van der Waals surface area (Å²) in [4.78, 5) is 50.5. The van der Waals surface area contributed by atoms with E-state index in [1.807, 2.05) is 20.8 Å². The molecule has 1 heterocycles. The van der Waals surface area contributed by atoms with Crippen molar-refractivity contribution in [2.24, 2.45) is 5.41 Å². The number of amides is 3. The smallest absolute Gasteiger partial charge is 0.251 e. The van der Waals surface area contributed by atoms with Gasteiger partial charge in [-0.3, -0.25) is 14.4 Å². The first-order chi connectivity index (χ1) is 16.1. The molecule has 1 aromatic rings. The lowest BCUT2D eigenvalue weighted by Crippen LogP contribution is -2.56. The van der Waals surface area contributed by atoms with E-state index in [-0.39, 0.29) is 25.0 Å². The number of nitrogens with two attached hydrogens (primary N) is 1. The van der Waals surface area contributed by atoms with Gasteiger partial charge in [0.1, 0.15) is 24.7 Å². The summed E-state index contributed by atoms with van der Waals surface area (Å²) in [5, 5.41) is 5.53. The number of anilines is 1. The maximum Gasteiger partial charge on any atom is 0.251 e. The number of hydrogen-bond donors (Lipinski definition) is 3. The number of likely N-dealkylation sites (tertiary alicyclic amines) is 1. The summed E-state index contributed by atoms with van der Waals surface area (Å²) in [6.45, 7) is 6.51. The summed E-state index contributed by atoms with van der Waals surface area (Å²) in [5.74, 6) is -0.496. The Morgan fingerprint density at radius 3 is 2.68 bits per heavy atom. The van der Waals surface area contributed by atoms with Gasteiger partial charge >= 0.3 is 0 Å². The molecule has 1 aromatic carbocycles. The summed E-state index contributed by atoms with van der Waals surface area (Å²) in [6.07, 6.45) is 2.71. The molecule has 10 heteroatoms. The minimum atomic E-state index is -0.764. The molecule has 4 N–H and O–H groups in total. The molecule has 0 radical (unpaired) electrons. The predicted molar refractivity (Wildman–Crippen MR) is 127 cm³/mol. The van der Waals surface area contributed by atoms with Crippen LogP contribution in [-0.2, 0) is 19.1 Å². The van der Waals surface area contributed by atoms with Crippen molar-refractivity contribution in [3.05, 3.63) is 23.8 Å². The number of carbonyl (C=O) groups excluding carboxylic acids is 4. The Labute approximate surface area is 200 Å². The van der Waals surface area contributed by atoms with Crippen molar-refractivity contribution >= 4 is 29.7 Å². The second kappa shape index (κ2) is 12.4. The first kappa shape index (κ1) is 27.1. The number of nitrogens with zero attached hydrogens (tertiary/aromatic N) is 1. The Balaban J connectivity index is 1.74. The van der Waals surface area contributed by atoms with Crippen LogP contribution in [0.1, 0.15) is 50.4 Å². The van der Waals surface area contributed by atoms with Gasteiger partial charge in [-0.15, -0.1) is 0 Å². The van der Waals surface area contributed by atoms with Gasteiger partial charge < -0.3 is 35.5 Å². The first-order valence-corrected chi connectivity index (χ1v) is 11.4. The van der Waals surface area contributed by atoms with E-state index < -0.39 is 23.4 Å². The molecule has 2 atom stereocenters. The van der Waals surface area contributed by atoms with Crippen LogP contribution in [0, 0.1) is 5.41 Å². The van der Waals surface area contributed by atoms with Crippen molar-refractivity contribution in [3.63, 3.8) is 0 Å². The fourth-order valence-electron chi connectivity index (χ4n) is 3.72. The predicted octanol–water partition coefficient (Wildman–Crippen LogP) is 1.13. The Morgan fingerprint density at radius 2 is 2.03 bits per heavy atom. The molecule has 1 aliphatic heterocycles. The number of nitrogen functional groups attached to an aromatic ring is 1. The average Bonchev–Trinajstić information content (AvgIpc) is 3.27. The Hall–Kier alpha value is -3.14. The topological polar surface area (TPSA) is 140 Å². The van der Waals surface area contributed by atoms with E-state index in [2.05, 4.69) is 10.6 Å². The van der Waals surface area contributed by atoms with Gasteiger partial charge in [0.05, 0.1) is 18.8 Å². The standard InChI is InChI=1S/C24H36N4O6/c1-24(2,3)21(23(32)28-11-5-7-17(28)14-29)27-20(30)15-34-12-6-10-26-22(31)16-8-9-18(25)19(13-16)33-4/h8-9,13-14,17,21H,5-7,10-12,15,25H2,1-4H3,(H,26,31)(H,27,30)/t17-,21+/m0/s1. The molecule has 3 amide bonds. The minimum Gasteiger partial charge on any atom is -0.495 e. The van der Waals surface area contributed by atoms with Crippen LogP contribution in [0.2, 0.25) is 0 Å². The number of rotatable bonds is 11. The van der Waals surface area contributed by atoms with E-state index in [1.165, 1.54) is 7.11 Å². The van der Waals surface area contributed by atoms with Crippen molar-refractivity contribution < 1.29 is 28.7 Å². The van der Waals surface area contributed by atoms with Gasteiger partial charge in [0.2, 0.25) is 11.8 Å². The third-order valence-electron chi connectivity index (χ3n) is 5.64. The summed E-state index contributed by atoms with van der Waals surface area (Å²) >= 11 is 0. The number of hydrogen-bond acceptors (Lipinski definition) is 7. The summed E-state index contributed by atoms with van der Waals surface area (Å²) in [5.41, 5.74) is 6.10. The van der Waals surface area contributed by atoms with Crippen LogP contribution in [0.4, 0.5) is 5.69 Å². The Bertz CT molecular complexity index is 883. The molecule has 0 bridgehead atoms. The Kier molecular flexibility index (Phi) is 9.85. The van der Waals surface area contributed by atoms with Crippen LogP contribution in [0.3, 0.4) is 0 Å². The zero-order chi connectivity index (χ0) is 25.3. The van der Waals surface area contributed by atoms with Gasteiger partial charge in [0, 0.05) is 25.3 Å². The molecule has 1 aliphatic rings. The zero-order valence-corrected chi connectivity index (χ0v) is 20.4. The first-order valence-electron chi connectivity index (χ1n) is 11.4. The van der Waals surface area contributed by atoms with E-state index in [9.17, 15) is 19.2 Å². The van der Waals surface area contributed by atoms with E-state index in [0.717, 1.165) is 12.7 Å². The molecule has 0 spiro atoms. The molecule has 0 saturated carbocycles. The lowest BCUT2D eigenvalue weighted by atomic mass is 9.85. The molecule has 0 aromatic heterocycles. The summed E-state index contributed by atoms with van der Waals surface area (Å²) < 4.78 is 10.5. The molecule has 1 fully saturated rings. The molecule has 0 unspecified atom stereocenters. The van der Waals surface area contributed by atoms with Crippen LogP contribution in [0.25, 0.3) is 0 Å². The molecule has 10 nitrogen and oxygen atoms in total.